The number of ether oxygens (including phenoxy) is 1. The van der Waals surface area contributed by atoms with E-state index in [-0.39, 0.29) is 12.5 Å². The van der Waals surface area contributed by atoms with E-state index in [1.165, 1.54) is 35.9 Å². The van der Waals surface area contributed by atoms with Gasteiger partial charge in [0.1, 0.15) is 17.8 Å². The van der Waals surface area contributed by atoms with Gasteiger partial charge in [0.2, 0.25) is 0 Å². The lowest BCUT2D eigenvalue weighted by Gasteiger charge is -2.19. The van der Waals surface area contributed by atoms with Crippen molar-refractivity contribution in [1.29, 1.82) is 0 Å². The summed E-state index contributed by atoms with van der Waals surface area (Å²) in [5, 5.41) is 8.18. The number of hydrogen-bond acceptors (Lipinski definition) is 4. The number of carbonyl (C=O) groups excluding carboxylic acids is 1. The van der Waals surface area contributed by atoms with Gasteiger partial charge in [-0.15, -0.1) is 5.10 Å². The maximum Gasteiger partial charge on any atom is 0.328 e. The SMILES string of the molecule is CCCCCCc1ccc(-c2cn(CC(=O)OC(C)(C)C)nn2)cc1. The van der Waals surface area contributed by atoms with Gasteiger partial charge >= 0.3 is 5.97 Å². The molecular formula is C20H29N3O2. The van der Waals surface area contributed by atoms with Crippen LogP contribution < -0.4 is 0 Å². The van der Waals surface area contributed by atoms with E-state index in [0.717, 1.165) is 17.7 Å². The van der Waals surface area contributed by atoms with Crippen LogP contribution in [0, 0.1) is 0 Å². The standard InChI is InChI=1S/C20H29N3O2/c1-5-6-7-8-9-16-10-12-17(13-11-16)18-14-23(22-21-18)15-19(24)25-20(2,3)4/h10-14H,5-9,15H2,1-4H3. The predicted molar refractivity (Wildman–Crippen MR) is 99.1 cm³/mol. The van der Waals surface area contributed by atoms with Crippen LogP contribution >= 0.6 is 0 Å². The molecule has 1 aromatic heterocycles. The van der Waals surface area contributed by atoms with E-state index in [1.54, 1.807) is 6.20 Å². The Morgan fingerprint density at radius 1 is 1.12 bits per heavy atom. The van der Waals surface area contributed by atoms with Crippen molar-refractivity contribution in [3.05, 3.63) is 36.0 Å². The zero-order valence-electron chi connectivity index (χ0n) is 15.8. The molecule has 0 unspecified atom stereocenters. The topological polar surface area (TPSA) is 57.0 Å². The predicted octanol–water partition coefficient (Wildman–Crippen LogP) is 4.41. The number of aromatic nitrogens is 3. The summed E-state index contributed by atoms with van der Waals surface area (Å²) in [5.41, 5.74) is 2.63. The second-order valence-electron chi connectivity index (χ2n) is 7.40. The minimum Gasteiger partial charge on any atom is -0.459 e. The molecule has 0 N–H and O–H groups in total. The maximum atomic E-state index is 11.9. The molecule has 25 heavy (non-hydrogen) atoms. The Morgan fingerprint density at radius 2 is 1.84 bits per heavy atom. The van der Waals surface area contributed by atoms with Crippen LogP contribution in [0.1, 0.15) is 58.9 Å². The number of unbranched alkanes of at least 4 members (excludes halogenated alkanes) is 3. The Labute approximate surface area is 150 Å². The van der Waals surface area contributed by atoms with Gasteiger partial charge in [0.15, 0.2) is 0 Å². The molecule has 0 saturated carbocycles. The van der Waals surface area contributed by atoms with Crippen LogP contribution in [-0.4, -0.2) is 26.6 Å². The van der Waals surface area contributed by atoms with Crippen LogP contribution in [0.2, 0.25) is 0 Å². The second kappa shape index (κ2) is 8.79. The summed E-state index contributed by atoms with van der Waals surface area (Å²) < 4.78 is 6.82. The van der Waals surface area contributed by atoms with E-state index in [4.69, 9.17) is 4.74 Å². The first-order chi connectivity index (χ1) is 11.9. The van der Waals surface area contributed by atoms with E-state index in [9.17, 15) is 4.79 Å². The zero-order valence-corrected chi connectivity index (χ0v) is 15.8. The van der Waals surface area contributed by atoms with Gasteiger partial charge in [-0.1, -0.05) is 55.7 Å². The Kier molecular flexibility index (Phi) is 6.73. The Balaban J connectivity index is 1.92. The van der Waals surface area contributed by atoms with Crippen LogP contribution in [0.15, 0.2) is 30.5 Å². The number of benzene rings is 1. The van der Waals surface area contributed by atoms with Gasteiger partial charge in [0, 0.05) is 5.56 Å². The normalized spacial score (nSPS) is 11.5. The fourth-order valence-electron chi connectivity index (χ4n) is 2.61. The van der Waals surface area contributed by atoms with Gasteiger partial charge in [-0.25, -0.2) is 4.68 Å². The van der Waals surface area contributed by atoms with Gasteiger partial charge in [-0.05, 0) is 39.2 Å². The van der Waals surface area contributed by atoms with E-state index in [0.29, 0.717) is 0 Å². The van der Waals surface area contributed by atoms with E-state index in [2.05, 4.69) is 41.5 Å². The average Bonchev–Trinajstić information content (AvgIpc) is 2.98. The molecule has 0 aliphatic heterocycles. The zero-order chi connectivity index (χ0) is 18.3. The Bertz CT molecular complexity index is 669. The van der Waals surface area contributed by atoms with E-state index < -0.39 is 5.60 Å². The molecule has 0 radical (unpaired) electrons. The van der Waals surface area contributed by atoms with E-state index >= 15 is 0 Å². The third-order valence-corrected chi connectivity index (χ3v) is 3.82. The van der Waals surface area contributed by atoms with Gasteiger partial charge in [0.05, 0.1) is 6.20 Å². The van der Waals surface area contributed by atoms with Crippen LogP contribution in [0.25, 0.3) is 11.3 Å². The van der Waals surface area contributed by atoms with Crippen LogP contribution in [0.4, 0.5) is 0 Å². The first-order valence-electron chi connectivity index (χ1n) is 9.08. The highest BCUT2D eigenvalue weighted by Crippen LogP contribution is 2.18. The molecule has 5 nitrogen and oxygen atoms in total. The molecule has 5 heteroatoms. The highest BCUT2D eigenvalue weighted by atomic mass is 16.6. The third-order valence-electron chi connectivity index (χ3n) is 3.82. The molecule has 136 valence electrons. The summed E-state index contributed by atoms with van der Waals surface area (Å²) in [6.07, 6.45) is 7.99. The largest absolute Gasteiger partial charge is 0.459 e. The fraction of sp³-hybridized carbons (Fsp3) is 0.550. The molecule has 1 aromatic carbocycles. The molecule has 0 spiro atoms. The molecule has 0 fully saturated rings. The number of rotatable bonds is 8. The van der Waals surface area contributed by atoms with Crippen molar-refractivity contribution in [2.24, 2.45) is 0 Å². The van der Waals surface area contributed by atoms with Gasteiger partial charge in [-0.2, -0.15) is 0 Å². The molecular weight excluding hydrogens is 314 g/mol. The molecule has 2 aromatic rings. The summed E-state index contributed by atoms with van der Waals surface area (Å²) in [6.45, 7) is 7.84. The maximum absolute atomic E-state index is 11.9. The lowest BCUT2D eigenvalue weighted by atomic mass is 10.0. The molecule has 2 rings (SSSR count). The van der Waals surface area contributed by atoms with Crippen molar-refractivity contribution in [3.63, 3.8) is 0 Å². The molecule has 0 aliphatic carbocycles. The average molecular weight is 343 g/mol. The van der Waals surface area contributed by atoms with Gasteiger partial charge in [-0.3, -0.25) is 4.79 Å². The van der Waals surface area contributed by atoms with Gasteiger partial charge < -0.3 is 4.74 Å². The van der Waals surface area contributed by atoms with Crippen molar-refractivity contribution in [2.45, 2.75) is 71.9 Å². The van der Waals surface area contributed by atoms with Crippen molar-refractivity contribution in [2.75, 3.05) is 0 Å². The quantitative estimate of drug-likeness (QED) is 0.526. The number of hydrogen-bond donors (Lipinski definition) is 0. The molecule has 0 aliphatic rings. The van der Waals surface area contributed by atoms with Crippen LogP contribution in [0.3, 0.4) is 0 Å². The first kappa shape index (κ1) is 19.2. The number of carbonyl (C=O) groups is 1. The summed E-state index contributed by atoms with van der Waals surface area (Å²) >= 11 is 0. The molecule has 0 bridgehead atoms. The first-order valence-corrected chi connectivity index (χ1v) is 9.08. The summed E-state index contributed by atoms with van der Waals surface area (Å²) in [7, 11) is 0. The molecule has 0 atom stereocenters. The summed E-state index contributed by atoms with van der Waals surface area (Å²) in [4.78, 5) is 11.9. The lowest BCUT2D eigenvalue weighted by molar-refractivity contribution is -0.155. The Morgan fingerprint density at radius 3 is 2.48 bits per heavy atom. The summed E-state index contributed by atoms with van der Waals surface area (Å²) in [6, 6.07) is 8.43. The van der Waals surface area contributed by atoms with Gasteiger partial charge in [0.25, 0.3) is 0 Å². The lowest BCUT2D eigenvalue weighted by Crippen LogP contribution is -2.26. The van der Waals surface area contributed by atoms with Crippen molar-refractivity contribution in [1.82, 2.24) is 15.0 Å². The fourth-order valence-corrected chi connectivity index (χ4v) is 2.61. The minimum absolute atomic E-state index is 0.0692. The van der Waals surface area contributed by atoms with Crippen LogP contribution in [0.5, 0.6) is 0 Å². The van der Waals surface area contributed by atoms with Crippen molar-refractivity contribution < 1.29 is 9.53 Å². The number of esters is 1. The summed E-state index contributed by atoms with van der Waals surface area (Å²) in [5.74, 6) is -0.314. The monoisotopic (exact) mass is 343 g/mol. The second-order valence-corrected chi connectivity index (χ2v) is 7.40. The number of nitrogens with zero attached hydrogens (tertiary/aromatic N) is 3. The van der Waals surface area contributed by atoms with Crippen LogP contribution in [-0.2, 0) is 22.5 Å². The molecule has 0 amide bonds. The van der Waals surface area contributed by atoms with Crippen molar-refractivity contribution >= 4 is 5.97 Å². The highest BCUT2D eigenvalue weighted by molar-refractivity contribution is 5.69. The Hall–Kier alpha value is -2.17. The minimum atomic E-state index is -0.493. The third kappa shape index (κ3) is 6.69. The van der Waals surface area contributed by atoms with E-state index in [1.807, 2.05) is 20.8 Å². The molecule has 0 saturated heterocycles. The smallest absolute Gasteiger partial charge is 0.328 e. The molecule has 1 heterocycles. The van der Waals surface area contributed by atoms with Crippen molar-refractivity contribution in [3.8, 4) is 11.3 Å². The highest BCUT2D eigenvalue weighted by Gasteiger charge is 2.17. The number of aryl methyl sites for hydroxylation is 1.